The van der Waals surface area contributed by atoms with Crippen molar-refractivity contribution in [3.8, 4) is 0 Å². The molecule has 1 fully saturated rings. The molecule has 0 radical (unpaired) electrons. The van der Waals surface area contributed by atoms with Gasteiger partial charge >= 0.3 is 0 Å². The maximum Gasteiger partial charge on any atom is 0.270 e. The predicted octanol–water partition coefficient (Wildman–Crippen LogP) is 2.16. The first-order chi connectivity index (χ1) is 13.9. The van der Waals surface area contributed by atoms with E-state index in [0.717, 1.165) is 11.6 Å². The fourth-order valence-corrected chi connectivity index (χ4v) is 3.73. The SMILES string of the molecule is Cc1ccn2c(=O)c(C(=O)NC3CNCCC3c3ccc(F)c(F)c3)cnc2c1. The lowest BCUT2D eigenvalue weighted by Gasteiger charge is -2.33. The summed E-state index contributed by atoms with van der Waals surface area (Å²) in [5.41, 5.74) is 1.50. The molecule has 2 aromatic heterocycles. The molecule has 0 bridgehead atoms. The lowest BCUT2D eigenvalue weighted by atomic mass is 9.86. The molecular formula is C21H20F2N4O2. The predicted molar refractivity (Wildman–Crippen MR) is 104 cm³/mol. The van der Waals surface area contributed by atoms with Crippen molar-refractivity contribution in [3.05, 3.63) is 81.4 Å². The third-order valence-electron chi connectivity index (χ3n) is 5.28. The molecule has 150 valence electrons. The van der Waals surface area contributed by atoms with Crippen LogP contribution in [-0.4, -0.2) is 34.4 Å². The molecule has 0 spiro atoms. The van der Waals surface area contributed by atoms with Gasteiger partial charge in [0.1, 0.15) is 11.2 Å². The monoisotopic (exact) mass is 398 g/mol. The van der Waals surface area contributed by atoms with Crippen molar-refractivity contribution >= 4 is 11.6 Å². The maximum atomic E-state index is 13.7. The minimum absolute atomic E-state index is 0.0686. The first-order valence-electron chi connectivity index (χ1n) is 9.38. The van der Waals surface area contributed by atoms with Gasteiger partial charge in [0.15, 0.2) is 11.6 Å². The smallest absolute Gasteiger partial charge is 0.270 e. The summed E-state index contributed by atoms with van der Waals surface area (Å²) in [7, 11) is 0. The summed E-state index contributed by atoms with van der Waals surface area (Å²) >= 11 is 0. The molecule has 2 unspecified atom stereocenters. The summed E-state index contributed by atoms with van der Waals surface area (Å²) in [5.74, 6) is -2.57. The van der Waals surface area contributed by atoms with E-state index in [1.54, 1.807) is 18.3 Å². The molecule has 1 aliphatic rings. The van der Waals surface area contributed by atoms with Gasteiger partial charge in [-0.25, -0.2) is 13.8 Å². The molecule has 0 saturated carbocycles. The number of piperidine rings is 1. The van der Waals surface area contributed by atoms with Crippen molar-refractivity contribution in [3.63, 3.8) is 0 Å². The van der Waals surface area contributed by atoms with E-state index in [4.69, 9.17) is 0 Å². The highest BCUT2D eigenvalue weighted by molar-refractivity contribution is 5.94. The first kappa shape index (κ1) is 19.2. The van der Waals surface area contributed by atoms with Crippen LogP contribution in [0.2, 0.25) is 0 Å². The molecule has 6 nitrogen and oxygen atoms in total. The third-order valence-corrected chi connectivity index (χ3v) is 5.28. The van der Waals surface area contributed by atoms with Crippen LogP contribution in [0.15, 0.2) is 47.5 Å². The lowest BCUT2D eigenvalue weighted by Crippen LogP contribution is -2.50. The molecule has 2 N–H and O–H groups in total. The van der Waals surface area contributed by atoms with E-state index in [2.05, 4.69) is 15.6 Å². The van der Waals surface area contributed by atoms with Crippen molar-refractivity contribution in [1.82, 2.24) is 20.0 Å². The molecular weight excluding hydrogens is 378 g/mol. The van der Waals surface area contributed by atoms with Gasteiger partial charge in [0.2, 0.25) is 0 Å². The number of benzene rings is 1. The Morgan fingerprint density at radius 2 is 2.07 bits per heavy atom. The summed E-state index contributed by atoms with van der Waals surface area (Å²) in [6.07, 6.45) is 3.50. The highest BCUT2D eigenvalue weighted by Gasteiger charge is 2.29. The standard InChI is InChI=1S/C21H20F2N4O2/c1-12-5-7-27-19(8-12)25-10-15(21(27)29)20(28)26-18-11-24-6-4-14(18)13-2-3-16(22)17(23)9-13/h2-3,5,7-10,14,18,24H,4,6,11H2,1H3,(H,26,28). The second-order valence-corrected chi connectivity index (χ2v) is 7.26. The Kier molecular flexibility index (Phi) is 5.10. The quantitative estimate of drug-likeness (QED) is 0.709. The largest absolute Gasteiger partial charge is 0.347 e. The van der Waals surface area contributed by atoms with Crippen LogP contribution in [0, 0.1) is 18.6 Å². The topological polar surface area (TPSA) is 75.5 Å². The number of nitrogens with one attached hydrogen (secondary N) is 2. The van der Waals surface area contributed by atoms with Crippen molar-refractivity contribution in [2.24, 2.45) is 0 Å². The van der Waals surface area contributed by atoms with Gasteiger partial charge < -0.3 is 10.6 Å². The molecule has 1 aromatic carbocycles. The van der Waals surface area contributed by atoms with E-state index in [-0.39, 0.29) is 17.5 Å². The number of amides is 1. The zero-order valence-electron chi connectivity index (χ0n) is 15.8. The molecule has 0 aliphatic carbocycles. The summed E-state index contributed by atoms with van der Waals surface area (Å²) in [6.45, 7) is 3.04. The number of hydrogen-bond acceptors (Lipinski definition) is 4. The first-order valence-corrected chi connectivity index (χ1v) is 9.38. The Balaban J connectivity index is 1.61. The normalized spacial score (nSPS) is 19.3. The Bertz CT molecular complexity index is 1150. The van der Waals surface area contributed by atoms with E-state index < -0.39 is 23.1 Å². The summed E-state index contributed by atoms with van der Waals surface area (Å²) in [5, 5.41) is 6.05. The molecule has 3 heterocycles. The number of halogens is 2. The summed E-state index contributed by atoms with van der Waals surface area (Å²) in [4.78, 5) is 29.7. The van der Waals surface area contributed by atoms with Gasteiger partial charge in [-0.2, -0.15) is 0 Å². The van der Waals surface area contributed by atoms with E-state index in [9.17, 15) is 18.4 Å². The molecule has 29 heavy (non-hydrogen) atoms. The average molecular weight is 398 g/mol. The van der Waals surface area contributed by atoms with Crippen LogP contribution in [0.4, 0.5) is 8.78 Å². The molecule has 3 aromatic rings. The Hall–Kier alpha value is -3.13. The van der Waals surface area contributed by atoms with Gasteiger partial charge in [0.25, 0.3) is 11.5 Å². The minimum Gasteiger partial charge on any atom is -0.347 e. The van der Waals surface area contributed by atoms with Gasteiger partial charge in [-0.1, -0.05) is 6.07 Å². The van der Waals surface area contributed by atoms with Gasteiger partial charge in [-0.3, -0.25) is 14.0 Å². The number of fused-ring (bicyclic) bond motifs is 1. The van der Waals surface area contributed by atoms with E-state index in [1.165, 1.54) is 22.7 Å². The molecule has 1 saturated heterocycles. The van der Waals surface area contributed by atoms with Crippen LogP contribution in [0.1, 0.15) is 33.8 Å². The van der Waals surface area contributed by atoms with Crippen molar-refractivity contribution in [2.45, 2.75) is 25.3 Å². The molecule has 1 amide bonds. The van der Waals surface area contributed by atoms with Gasteiger partial charge in [-0.15, -0.1) is 0 Å². The summed E-state index contributed by atoms with van der Waals surface area (Å²) in [6, 6.07) is 6.93. The van der Waals surface area contributed by atoms with Gasteiger partial charge in [0, 0.05) is 30.9 Å². The zero-order chi connectivity index (χ0) is 20.5. The van der Waals surface area contributed by atoms with Crippen molar-refractivity contribution < 1.29 is 13.6 Å². The van der Waals surface area contributed by atoms with Gasteiger partial charge in [0.05, 0.1) is 0 Å². The second kappa shape index (κ2) is 7.71. The Labute approximate surface area is 165 Å². The van der Waals surface area contributed by atoms with Crippen molar-refractivity contribution in [2.75, 3.05) is 13.1 Å². The number of carbonyl (C=O) groups excluding carboxylic acids is 1. The van der Waals surface area contributed by atoms with Crippen LogP contribution in [0.3, 0.4) is 0 Å². The van der Waals surface area contributed by atoms with E-state index in [1.807, 2.05) is 6.92 Å². The van der Waals surface area contributed by atoms with Crippen LogP contribution < -0.4 is 16.2 Å². The Morgan fingerprint density at radius 3 is 2.86 bits per heavy atom. The second-order valence-electron chi connectivity index (χ2n) is 7.26. The number of aryl methyl sites for hydroxylation is 1. The number of carbonyl (C=O) groups is 1. The minimum atomic E-state index is -0.918. The number of pyridine rings is 1. The maximum absolute atomic E-state index is 13.7. The van der Waals surface area contributed by atoms with Crippen LogP contribution in [-0.2, 0) is 0 Å². The van der Waals surface area contributed by atoms with Crippen LogP contribution in [0.5, 0.6) is 0 Å². The van der Waals surface area contributed by atoms with Crippen LogP contribution >= 0.6 is 0 Å². The van der Waals surface area contributed by atoms with E-state index >= 15 is 0 Å². The number of rotatable bonds is 3. The van der Waals surface area contributed by atoms with Crippen LogP contribution in [0.25, 0.3) is 5.65 Å². The fraction of sp³-hybridized carbons (Fsp3) is 0.286. The molecule has 8 heteroatoms. The Morgan fingerprint density at radius 1 is 1.24 bits per heavy atom. The van der Waals surface area contributed by atoms with Crippen molar-refractivity contribution in [1.29, 1.82) is 0 Å². The fourth-order valence-electron chi connectivity index (χ4n) is 3.73. The van der Waals surface area contributed by atoms with Gasteiger partial charge in [-0.05, 0) is 55.3 Å². The summed E-state index contributed by atoms with van der Waals surface area (Å²) < 4.78 is 28.3. The highest BCUT2D eigenvalue weighted by Crippen LogP contribution is 2.27. The molecule has 4 rings (SSSR count). The molecule has 2 atom stereocenters. The lowest BCUT2D eigenvalue weighted by molar-refractivity contribution is 0.0922. The highest BCUT2D eigenvalue weighted by atomic mass is 19.2. The number of nitrogens with zero attached hydrogens (tertiary/aromatic N) is 2. The molecule has 1 aliphatic heterocycles. The number of hydrogen-bond donors (Lipinski definition) is 2. The van der Waals surface area contributed by atoms with E-state index in [0.29, 0.717) is 30.7 Å². The zero-order valence-corrected chi connectivity index (χ0v) is 15.8. The third kappa shape index (κ3) is 3.75. The average Bonchev–Trinajstić information content (AvgIpc) is 2.70. The number of aromatic nitrogens is 2.